The molecule has 1 saturated heterocycles. The molecule has 0 spiro atoms. The van der Waals surface area contributed by atoms with E-state index in [0.717, 1.165) is 23.6 Å². The second-order valence-corrected chi connectivity index (χ2v) is 8.50. The van der Waals surface area contributed by atoms with Crippen molar-refractivity contribution in [3.05, 3.63) is 59.3 Å². The van der Waals surface area contributed by atoms with E-state index in [2.05, 4.69) is 33.2 Å². The molecule has 4 rings (SSSR count). The minimum atomic E-state index is -0.130. The van der Waals surface area contributed by atoms with Crippen LogP contribution in [0.4, 0.5) is 0 Å². The fraction of sp³-hybridized carbons (Fsp3) is 0.400. The molecule has 2 aromatic heterocycles. The molecule has 0 radical (unpaired) electrons. The summed E-state index contributed by atoms with van der Waals surface area (Å²) in [6.07, 6.45) is 4.53. The lowest BCUT2D eigenvalue weighted by atomic mass is 10.0. The van der Waals surface area contributed by atoms with E-state index >= 15 is 0 Å². The second-order valence-electron chi connectivity index (χ2n) is 8.50. The van der Waals surface area contributed by atoms with E-state index in [1.165, 1.54) is 5.57 Å². The molecule has 3 atom stereocenters. The van der Waals surface area contributed by atoms with Gasteiger partial charge in [0, 0.05) is 18.2 Å². The quantitative estimate of drug-likeness (QED) is 0.400. The Bertz CT molecular complexity index is 1120. The highest BCUT2D eigenvalue weighted by atomic mass is 16.4. The van der Waals surface area contributed by atoms with Crippen LogP contribution in [0, 0.1) is 32.6 Å². The lowest BCUT2D eigenvalue weighted by Crippen LogP contribution is -2.47. The zero-order chi connectivity index (χ0) is 23.0. The van der Waals surface area contributed by atoms with Crippen LogP contribution in [-0.2, 0) is 0 Å². The number of likely N-dealkylation sites (tertiary alicyclic amines) is 1. The molecule has 7 heteroatoms. The van der Waals surface area contributed by atoms with Gasteiger partial charge in [-0.1, -0.05) is 18.2 Å². The van der Waals surface area contributed by atoms with E-state index in [1.807, 2.05) is 56.9 Å². The van der Waals surface area contributed by atoms with Crippen molar-refractivity contribution in [1.29, 1.82) is 0 Å². The molecule has 0 bridgehead atoms. The van der Waals surface area contributed by atoms with Crippen molar-refractivity contribution in [2.45, 2.75) is 40.2 Å². The maximum atomic E-state index is 13.8. The first kappa shape index (κ1) is 21.9. The van der Waals surface area contributed by atoms with Crippen molar-refractivity contribution in [1.82, 2.24) is 14.9 Å². The van der Waals surface area contributed by atoms with Crippen LogP contribution in [-0.4, -0.2) is 52.5 Å². The van der Waals surface area contributed by atoms with Gasteiger partial charge >= 0.3 is 0 Å². The Morgan fingerprint density at radius 3 is 2.72 bits per heavy atom. The number of oxazole rings is 1. The SMILES string of the molecule is C=NC(/C=C\C)=NCC1CC2C(=C)C2CN1C(=O)c1nc(C)ccc1-c1nc(C)c(C)o1. The number of amides is 1. The Morgan fingerprint density at radius 2 is 2.06 bits per heavy atom. The number of aromatic nitrogens is 2. The minimum Gasteiger partial charge on any atom is -0.441 e. The van der Waals surface area contributed by atoms with Gasteiger partial charge in [-0.05, 0) is 65.0 Å². The van der Waals surface area contributed by atoms with E-state index in [4.69, 9.17) is 4.42 Å². The molecule has 2 fully saturated rings. The summed E-state index contributed by atoms with van der Waals surface area (Å²) in [5.74, 6) is 2.40. The van der Waals surface area contributed by atoms with Crippen molar-refractivity contribution in [3.8, 4) is 11.5 Å². The van der Waals surface area contributed by atoms with Gasteiger partial charge in [-0.3, -0.25) is 9.79 Å². The monoisotopic (exact) mass is 431 g/mol. The number of allylic oxidation sites excluding steroid dienone is 1. The summed E-state index contributed by atoms with van der Waals surface area (Å²) in [7, 11) is 0. The Morgan fingerprint density at radius 1 is 1.28 bits per heavy atom. The predicted octanol–water partition coefficient (Wildman–Crippen LogP) is 4.35. The number of piperidine rings is 1. The number of fused-ring (bicyclic) bond motifs is 1. The predicted molar refractivity (Wildman–Crippen MR) is 126 cm³/mol. The standard InChI is InChI=1S/C25H29N5O2/c1-7-8-22(26-6)27-12-18-11-20-15(3)21(20)13-30(18)25(31)23-19(10-9-14(2)28-23)24-29-16(4)17(5)32-24/h7-10,18,20-21H,3,6,11-13H2,1-2,4-5H3/b8-7-,27-22?. The van der Waals surface area contributed by atoms with E-state index < -0.39 is 0 Å². The van der Waals surface area contributed by atoms with Gasteiger partial charge in [-0.2, -0.15) is 0 Å². The number of pyridine rings is 1. The highest BCUT2D eigenvalue weighted by Gasteiger charge is 2.50. The summed E-state index contributed by atoms with van der Waals surface area (Å²) < 4.78 is 5.83. The molecule has 1 aliphatic heterocycles. The second kappa shape index (κ2) is 8.65. The van der Waals surface area contributed by atoms with Crippen LogP contribution in [0.3, 0.4) is 0 Å². The smallest absolute Gasteiger partial charge is 0.273 e. The third-order valence-corrected chi connectivity index (χ3v) is 6.39. The van der Waals surface area contributed by atoms with E-state index in [0.29, 0.717) is 47.9 Å². The molecule has 1 saturated carbocycles. The van der Waals surface area contributed by atoms with Crippen molar-refractivity contribution in [3.63, 3.8) is 0 Å². The average Bonchev–Trinajstić information content (AvgIpc) is 3.28. The average molecular weight is 432 g/mol. The lowest BCUT2D eigenvalue weighted by Gasteiger charge is -2.34. The summed E-state index contributed by atoms with van der Waals surface area (Å²) in [5, 5.41) is 0. The zero-order valence-corrected chi connectivity index (χ0v) is 19.1. The zero-order valence-electron chi connectivity index (χ0n) is 19.1. The van der Waals surface area contributed by atoms with Gasteiger partial charge in [0.1, 0.15) is 17.3 Å². The molecule has 166 valence electrons. The summed E-state index contributed by atoms with van der Waals surface area (Å²) >= 11 is 0. The molecule has 7 nitrogen and oxygen atoms in total. The number of aliphatic imine (C=N–C) groups is 2. The van der Waals surface area contributed by atoms with Crippen molar-refractivity contribution in [2.24, 2.45) is 21.8 Å². The van der Waals surface area contributed by atoms with Gasteiger partial charge in [-0.25, -0.2) is 15.0 Å². The van der Waals surface area contributed by atoms with Crippen LogP contribution < -0.4 is 0 Å². The molecule has 0 N–H and O–H groups in total. The molecule has 3 heterocycles. The number of amidine groups is 1. The maximum Gasteiger partial charge on any atom is 0.273 e. The van der Waals surface area contributed by atoms with Crippen molar-refractivity contribution in [2.75, 3.05) is 13.1 Å². The van der Waals surface area contributed by atoms with Crippen LogP contribution in [0.2, 0.25) is 0 Å². The van der Waals surface area contributed by atoms with Crippen LogP contribution in [0.1, 0.15) is 41.0 Å². The summed E-state index contributed by atoms with van der Waals surface area (Å²) in [6, 6.07) is 3.67. The third kappa shape index (κ3) is 4.07. The number of rotatable bonds is 5. The van der Waals surface area contributed by atoms with Crippen LogP contribution in [0.25, 0.3) is 11.5 Å². The first-order chi connectivity index (χ1) is 15.3. The van der Waals surface area contributed by atoms with E-state index in [9.17, 15) is 4.79 Å². The molecular formula is C25H29N5O2. The molecule has 2 aliphatic rings. The fourth-order valence-corrected chi connectivity index (χ4v) is 4.33. The maximum absolute atomic E-state index is 13.8. The summed E-state index contributed by atoms with van der Waals surface area (Å²) in [4.78, 5) is 33.4. The topological polar surface area (TPSA) is 84.0 Å². The van der Waals surface area contributed by atoms with Crippen LogP contribution >= 0.6 is 0 Å². The number of carbonyl (C=O) groups is 1. The summed E-state index contributed by atoms with van der Waals surface area (Å²) in [5.41, 5.74) is 3.76. The largest absolute Gasteiger partial charge is 0.441 e. The van der Waals surface area contributed by atoms with Gasteiger partial charge in [0.2, 0.25) is 5.89 Å². The molecule has 1 aliphatic carbocycles. The van der Waals surface area contributed by atoms with Gasteiger partial charge in [0.25, 0.3) is 5.91 Å². The number of hydrogen-bond donors (Lipinski definition) is 0. The Balaban J connectivity index is 1.69. The van der Waals surface area contributed by atoms with Gasteiger partial charge < -0.3 is 9.32 Å². The lowest BCUT2D eigenvalue weighted by molar-refractivity contribution is 0.0606. The van der Waals surface area contributed by atoms with Crippen LogP contribution in [0.5, 0.6) is 0 Å². The summed E-state index contributed by atoms with van der Waals surface area (Å²) in [6.45, 7) is 16.4. The molecule has 1 amide bonds. The van der Waals surface area contributed by atoms with Crippen molar-refractivity contribution >= 4 is 18.5 Å². The molecule has 0 aromatic carbocycles. The Hall–Kier alpha value is -3.35. The first-order valence-corrected chi connectivity index (χ1v) is 10.9. The molecule has 2 aromatic rings. The number of aryl methyl sites for hydroxylation is 3. The number of nitrogens with zero attached hydrogens (tertiary/aromatic N) is 5. The van der Waals surface area contributed by atoms with E-state index in [1.54, 1.807) is 0 Å². The van der Waals surface area contributed by atoms with Crippen LogP contribution in [0.15, 0.2) is 50.8 Å². The van der Waals surface area contributed by atoms with Crippen molar-refractivity contribution < 1.29 is 9.21 Å². The minimum absolute atomic E-state index is 0.0619. The number of hydrogen-bond acceptors (Lipinski definition) is 5. The number of carbonyl (C=O) groups excluding carboxylic acids is 1. The molecule has 32 heavy (non-hydrogen) atoms. The highest BCUT2D eigenvalue weighted by Crippen LogP contribution is 2.52. The Kier molecular flexibility index (Phi) is 5.91. The first-order valence-electron chi connectivity index (χ1n) is 10.9. The Labute approximate surface area is 188 Å². The molecular weight excluding hydrogens is 402 g/mol. The normalized spacial score (nSPS) is 22.9. The van der Waals surface area contributed by atoms with Gasteiger partial charge in [-0.15, -0.1) is 0 Å². The van der Waals surface area contributed by atoms with Gasteiger partial charge in [0.05, 0.1) is 23.8 Å². The third-order valence-electron chi connectivity index (χ3n) is 6.39. The molecule has 3 unspecified atom stereocenters. The van der Waals surface area contributed by atoms with Gasteiger partial charge in [0.15, 0.2) is 0 Å². The van der Waals surface area contributed by atoms with E-state index in [-0.39, 0.29) is 11.9 Å². The fourth-order valence-electron chi connectivity index (χ4n) is 4.33. The highest BCUT2D eigenvalue weighted by molar-refractivity contribution is 5.99.